The van der Waals surface area contributed by atoms with E-state index in [1.807, 2.05) is 0 Å². The molecule has 0 fully saturated rings. The van der Waals surface area contributed by atoms with Gasteiger partial charge in [0.15, 0.2) is 0 Å². The van der Waals surface area contributed by atoms with Gasteiger partial charge in [-0.2, -0.15) is 0 Å². The summed E-state index contributed by atoms with van der Waals surface area (Å²) in [7, 11) is -1.31. The first-order valence-electron chi connectivity index (χ1n) is 6.65. The van der Waals surface area contributed by atoms with Crippen molar-refractivity contribution in [2.24, 2.45) is 0 Å². The smallest absolute Gasteiger partial charge is 0.103 e. The van der Waals surface area contributed by atoms with Crippen molar-refractivity contribution in [1.82, 2.24) is 0 Å². The molecule has 0 unspecified atom stereocenters. The lowest BCUT2D eigenvalue weighted by molar-refractivity contribution is 0.717. The maximum atomic E-state index is 2.58. The Balaban J connectivity index is 3.19. The molecule has 0 heterocycles. The van der Waals surface area contributed by atoms with E-state index >= 15 is 0 Å². The molecule has 1 rings (SSSR count). The highest BCUT2D eigenvalue weighted by Gasteiger charge is 2.47. The van der Waals surface area contributed by atoms with E-state index in [1.165, 1.54) is 0 Å². The van der Waals surface area contributed by atoms with Crippen LogP contribution in [0.25, 0.3) is 0 Å². The van der Waals surface area contributed by atoms with Crippen LogP contribution in [-0.4, -0.2) is 18.1 Å². The van der Waals surface area contributed by atoms with Crippen LogP contribution in [0.2, 0.25) is 13.1 Å². The van der Waals surface area contributed by atoms with Gasteiger partial charge in [0, 0.05) is 0 Å². The van der Waals surface area contributed by atoms with Crippen molar-refractivity contribution in [3.8, 4) is 0 Å². The topological polar surface area (TPSA) is 0 Å². The average molecular weight is 268 g/mol. The van der Waals surface area contributed by atoms with Crippen molar-refractivity contribution in [2.75, 3.05) is 0 Å². The Labute approximate surface area is 110 Å². The van der Waals surface area contributed by atoms with Crippen molar-refractivity contribution in [1.29, 1.82) is 0 Å². The van der Waals surface area contributed by atoms with E-state index in [0.717, 1.165) is 6.42 Å². The Bertz CT molecular complexity index is 323. The average Bonchev–Trinajstić information content (AvgIpc) is 2.46. The molecule has 1 aliphatic rings. The number of rotatable bonds is 2. The van der Waals surface area contributed by atoms with Crippen molar-refractivity contribution in [3.05, 3.63) is 23.4 Å². The molecule has 0 amide bonds. The fraction of sp³-hybridized carbons (Fsp3) is 0.733. The molecule has 0 saturated carbocycles. The predicted molar refractivity (Wildman–Crippen MR) is 85.7 cm³/mol. The van der Waals surface area contributed by atoms with E-state index in [9.17, 15) is 0 Å². The summed E-state index contributed by atoms with van der Waals surface area (Å²) in [6.07, 6.45) is 8.35. The summed E-state index contributed by atoms with van der Waals surface area (Å²) in [6.45, 7) is 19.8. The third-order valence-corrected chi connectivity index (χ3v) is 17.1. The van der Waals surface area contributed by atoms with Crippen LogP contribution in [0, 0.1) is 0 Å². The molecule has 1 aliphatic carbocycles. The second-order valence-electron chi connectivity index (χ2n) is 7.53. The summed E-state index contributed by atoms with van der Waals surface area (Å²) >= 11 is 0. The SMILES string of the molecule is CC(C)(C)P(C(C)(C)C)[Si](C)(C)C1=CCC=C1. The van der Waals surface area contributed by atoms with Gasteiger partial charge in [-0.05, 0) is 16.7 Å². The van der Waals surface area contributed by atoms with Crippen LogP contribution in [0.4, 0.5) is 0 Å². The third-order valence-electron chi connectivity index (χ3n) is 3.38. The molecule has 0 aliphatic heterocycles. The summed E-state index contributed by atoms with van der Waals surface area (Å²) in [6, 6.07) is 0. The van der Waals surface area contributed by atoms with E-state index in [0.29, 0.717) is 10.3 Å². The maximum Gasteiger partial charge on any atom is 0.107 e. The molecule has 0 nitrogen and oxygen atoms in total. The molecule has 98 valence electrons. The van der Waals surface area contributed by atoms with Gasteiger partial charge in [-0.3, -0.25) is 0 Å². The summed E-state index contributed by atoms with van der Waals surface area (Å²) < 4.78 is 0. The minimum absolute atomic E-state index is 0.0223. The van der Waals surface area contributed by atoms with Gasteiger partial charge in [-0.15, -0.1) is 7.47 Å². The van der Waals surface area contributed by atoms with Gasteiger partial charge >= 0.3 is 0 Å². The first kappa shape index (κ1) is 15.2. The van der Waals surface area contributed by atoms with Gasteiger partial charge in [0.25, 0.3) is 0 Å². The van der Waals surface area contributed by atoms with E-state index in [-0.39, 0.29) is 7.47 Å². The molecular weight excluding hydrogens is 239 g/mol. The third kappa shape index (κ3) is 3.32. The van der Waals surface area contributed by atoms with E-state index < -0.39 is 7.74 Å². The maximum absolute atomic E-state index is 2.58. The monoisotopic (exact) mass is 268 g/mol. The Morgan fingerprint density at radius 3 is 1.76 bits per heavy atom. The summed E-state index contributed by atoms with van der Waals surface area (Å²) in [4.78, 5) is 0. The molecule has 0 N–H and O–H groups in total. The quantitative estimate of drug-likeness (QED) is 0.445. The second kappa shape index (κ2) is 4.66. The van der Waals surface area contributed by atoms with Gasteiger partial charge in [0.1, 0.15) is 7.74 Å². The van der Waals surface area contributed by atoms with Gasteiger partial charge < -0.3 is 0 Å². The molecular formula is C15H29PSi. The minimum Gasteiger partial charge on any atom is -0.103 e. The summed E-state index contributed by atoms with van der Waals surface area (Å²) in [5, 5.41) is 2.58. The Hall–Kier alpha value is 0.127. The lowest BCUT2D eigenvalue weighted by atomic mass is 10.2. The zero-order chi connectivity index (χ0) is 13.5. The van der Waals surface area contributed by atoms with Crippen LogP contribution >= 0.6 is 7.47 Å². The zero-order valence-corrected chi connectivity index (χ0v) is 14.8. The van der Waals surface area contributed by atoms with Crippen LogP contribution in [0.15, 0.2) is 23.4 Å². The zero-order valence-electron chi connectivity index (χ0n) is 12.9. The van der Waals surface area contributed by atoms with Gasteiger partial charge in [-0.25, -0.2) is 0 Å². The van der Waals surface area contributed by atoms with Crippen LogP contribution in [0.1, 0.15) is 48.0 Å². The Kier molecular flexibility index (Phi) is 4.17. The lowest BCUT2D eigenvalue weighted by Crippen LogP contribution is -2.41. The largest absolute Gasteiger partial charge is 0.107 e. The fourth-order valence-electron chi connectivity index (χ4n) is 3.72. The fourth-order valence-corrected chi connectivity index (χ4v) is 21.8. The second-order valence-corrected chi connectivity index (χ2v) is 19.3. The van der Waals surface area contributed by atoms with Gasteiger partial charge in [0.2, 0.25) is 0 Å². The molecule has 0 aromatic rings. The van der Waals surface area contributed by atoms with Crippen LogP contribution < -0.4 is 0 Å². The molecule has 0 spiro atoms. The number of hydrogen-bond donors (Lipinski definition) is 0. The molecule has 0 atom stereocenters. The molecule has 0 saturated heterocycles. The predicted octanol–water partition coefficient (Wildman–Crippen LogP) is 5.70. The van der Waals surface area contributed by atoms with Crippen LogP contribution in [0.3, 0.4) is 0 Å². The van der Waals surface area contributed by atoms with Crippen LogP contribution in [0.5, 0.6) is 0 Å². The Morgan fingerprint density at radius 2 is 1.47 bits per heavy atom. The highest BCUT2D eigenvalue weighted by atomic mass is 31.4. The van der Waals surface area contributed by atoms with Crippen molar-refractivity contribution in [2.45, 2.75) is 71.4 Å². The molecule has 0 aromatic carbocycles. The highest BCUT2D eigenvalue weighted by molar-refractivity contribution is 7.97. The molecule has 17 heavy (non-hydrogen) atoms. The van der Waals surface area contributed by atoms with Crippen molar-refractivity contribution < 1.29 is 0 Å². The van der Waals surface area contributed by atoms with E-state index in [2.05, 4.69) is 72.9 Å². The van der Waals surface area contributed by atoms with Gasteiger partial charge in [0.05, 0.1) is 0 Å². The van der Waals surface area contributed by atoms with Crippen LogP contribution in [-0.2, 0) is 0 Å². The Morgan fingerprint density at radius 1 is 1.00 bits per heavy atom. The first-order chi connectivity index (χ1) is 7.47. The summed E-state index contributed by atoms with van der Waals surface area (Å²) in [5.41, 5.74) is 0. The minimum atomic E-state index is -1.33. The highest BCUT2D eigenvalue weighted by Crippen LogP contribution is 2.67. The molecule has 2 heteroatoms. The standard InChI is InChI=1S/C15H29PSi/c1-14(2,3)16(15(4,5)6)17(7,8)13-11-9-10-12-13/h9,11-12H,10H2,1-8H3. The molecule has 0 bridgehead atoms. The van der Waals surface area contributed by atoms with E-state index in [4.69, 9.17) is 0 Å². The van der Waals surface area contributed by atoms with Crippen molar-refractivity contribution >= 4 is 15.2 Å². The molecule has 0 radical (unpaired) electrons. The summed E-state index contributed by atoms with van der Waals surface area (Å²) in [5.74, 6) is 0. The lowest BCUT2D eigenvalue weighted by Gasteiger charge is -2.50. The van der Waals surface area contributed by atoms with Crippen molar-refractivity contribution in [3.63, 3.8) is 0 Å². The van der Waals surface area contributed by atoms with E-state index in [1.54, 1.807) is 5.20 Å². The molecule has 0 aromatic heterocycles. The van der Waals surface area contributed by atoms with Gasteiger partial charge in [-0.1, -0.05) is 78.1 Å². The first-order valence-corrected chi connectivity index (χ1v) is 11.8. The normalized spacial score (nSPS) is 17.8. The number of allylic oxidation sites excluding steroid dienone is 4. The number of hydrogen-bond acceptors (Lipinski definition) is 0.